The number of hydrogen-bond acceptors (Lipinski definition) is 2. The van der Waals surface area contributed by atoms with Crippen molar-refractivity contribution in [2.45, 2.75) is 6.92 Å². The molecule has 0 aromatic heterocycles. The average Bonchev–Trinajstić information content (AvgIpc) is 2.46. The molecular formula is C15H13IN2O. The summed E-state index contributed by atoms with van der Waals surface area (Å²) in [5.41, 5.74) is 4.98. The van der Waals surface area contributed by atoms with Crippen molar-refractivity contribution < 1.29 is 4.79 Å². The van der Waals surface area contributed by atoms with E-state index in [0.717, 1.165) is 14.8 Å². The van der Waals surface area contributed by atoms with Gasteiger partial charge in [-0.3, -0.25) is 4.79 Å². The highest BCUT2D eigenvalue weighted by molar-refractivity contribution is 14.1. The first-order valence-corrected chi connectivity index (χ1v) is 6.91. The minimum atomic E-state index is -0.194. The smallest absolute Gasteiger partial charge is 0.267 e. The lowest BCUT2D eigenvalue weighted by Gasteiger charge is -2.04. The van der Waals surface area contributed by atoms with E-state index in [0.29, 0.717) is 5.56 Å². The number of halogens is 1. The van der Waals surface area contributed by atoms with Gasteiger partial charge in [-0.1, -0.05) is 42.5 Å². The first-order valence-electron chi connectivity index (χ1n) is 5.83. The number of rotatable bonds is 3. The van der Waals surface area contributed by atoms with Crippen LogP contribution in [-0.4, -0.2) is 11.6 Å². The van der Waals surface area contributed by atoms with Crippen molar-refractivity contribution >= 4 is 34.2 Å². The zero-order valence-corrected chi connectivity index (χ0v) is 12.6. The second kappa shape index (κ2) is 6.47. The molecule has 0 aliphatic heterocycles. The van der Waals surface area contributed by atoms with Crippen molar-refractivity contribution in [2.24, 2.45) is 5.10 Å². The number of carbonyl (C=O) groups is 1. The lowest BCUT2D eigenvalue weighted by Crippen LogP contribution is -2.20. The quantitative estimate of drug-likeness (QED) is 0.506. The van der Waals surface area contributed by atoms with E-state index in [2.05, 4.69) is 33.1 Å². The first kappa shape index (κ1) is 13.7. The van der Waals surface area contributed by atoms with Gasteiger partial charge in [0.1, 0.15) is 0 Å². The van der Waals surface area contributed by atoms with Gasteiger partial charge in [0, 0.05) is 3.57 Å². The molecule has 2 aromatic carbocycles. The van der Waals surface area contributed by atoms with E-state index < -0.39 is 0 Å². The molecule has 1 amide bonds. The lowest BCUT2D eigenvalue weighted by molar-refractivity contribution is 0.0954. The van der Waals surface area contributed by atoms with Gasteiger partial charge in [0.05, 0.1) is 11.3 Å². The Bertz CT molecular complexity index is 609. The Balaban J connectivity index is 2.11. The van der Waals surface area contributed by atoms with Crippen LogP contribution in [0.1, 0.15) is 22.8 Å². The minimum absolute atomic E-state index is 0.194. The molecule has 3 nitrogen and oxygen atoms in total. The molecular weight excluding hydrogens is 351 g/mol. The first-order chi connectivity index (χ1) is 9.18. The maximum Gasteiger partial charge on any atom is 0.272 e. The van der Waals surface area contributed by atoms with Gasteiger partial charge in [-0.05, 0) is 47.2 Å². The minimum Gasteiger partial charge on any atom is -0.267 e. The zero-order valence-electron chi connectivity index (χ0n) is 10.4. The predicted octanol–water partition coefficient (Wildman–Crippen LogP) is 3.45. The second-order valence-corrected chi connectivity index (χ2v) is 5.15. The maximum atomic E-state index is 12.0. The van der Waals surface area contributed by atoms with Gasteiger partial charge in [0.25, 0.3) is 5.91 Å². The van der Waals surface area contributed by atoms with Crippen LogP contribution >= 0.6 is 22.6 Å². The van der Waals surface area contributed by atoms with Crippen LogP contribution in [-0.2, 0) is 0 Å². The standard InChI is InChI=1S/C15H13IN2O/c1-11(12-7-3-2-4-8-12)17-18-15(19)13-9-5-6-10-14(13)16/h2-10H,1H3,(H,18,19)/b17-11+. The summed E-state index contributed by atoms with van der Waals surface area (Å²) in [7, 11) is 0. The van der Waals surface area contributed by atoms with Crippen LogP contribution in [0.2, 0.25) is 0 Å². The Morgan fingerprint density at radius 1 is 1.05 bits per heavy atom. The molecule has 0 atom stereocenters. The number of carbonyl (C=O) groups excluding carboxylic acids is 1. The summed E-state index contributed by atoms with van der Waals surface area (Å²) < 4.78 is 0.908. The van der Waals surface area contributed by atoms with E-state index >= 15 is 0 Å². The molecule has 2 aromatic rings. The van der Waals surface area contributed by atoms with Crippen LogP contribution < -0.4 is 5.43 Å². The highest BCUT2D eigenvalue weighted by atomic mass is 127. The Labute approximate surface area is 125 Å². The summed E-state index contributed by atoms with van der Waals surface area (Å²) in [5, 5.41) is 4.13. The van der Waals surface area contributed by atoms with Crippen molar-refractivity contribution in [2.75, 3.05) is 0 Å². The van der Waals surface area contributed by atoms with Crippen molar-refractivity contribution in [3.63, 3.8) is 0 Å². The van der Waals surface area contributed by atoms with Gasteiger partial charge >= 0.3 is 0 Å². The number of nitrogens with zero attached hydrogens (tertiary/aromatic N) is 1. The van der Waals surface area contributed by atoms with Crippen molar-refractivity contribution in [1.82, 2.24) is 5.43 Å². The summed E-state index contributed by atoms with van der Waals surface area (Å²) in [4.78, 5) is 12.0. The van der Waals surface area contributed by atoms with Crippen LogP contribution in [0.4, 0.5) is 0 Å². The predicted molar refractivity (Wildman–Crippen MR) is 85.3 cm³/mol. The van der Waals surface area contributed by atoms with Crippen molar-refractivity contribution in [3.8, 4) is 0 Å². The van der Waals surface area contributed by atoms with Crippen LogP contribution in [0.3, 0.4) is 0 Å². The molecule has 1 N–H and O–H groups in total. The largest absolute Gasteiger partial charge is 0.272 e. The molecule has 0 saturated heterocycles. The fraction of sp³-hybridized carbons (Fsp3) is 0.0667. The number of hydrogen-bond donors (Lipinski definition) is 1. The van der Waals surface area contributed by atoms with Gasteiger partial charge in [0.15, 0.2) is 0 Å². The van der Waals surface area contributed by atoms with Crippen LogP contribution in [0.25, 0.3) is 0 Å². The van der Waals surface area contributed by atoms with Crippen LogP contribution in [0, 0.1) is 3.57 Å². The summed E-state index contributed by atoms with van der Waals surface area (Å²) in [6, 6.07) is 17.2. The van der Waals surface area contributed by atoms with Gasteiger partial charge in [-0.25, -0.2) is 5.43 Å². The molecule has 0 spiro atoms. The molecule has 19 heavy (non-hydrogen) atoms. The fourth-order valence-corrected chi connectivity index (χ4v) is 2.22. The van der Waals surface area contributed by atoms with E-state index in [4.69, 9.17) is 0 Å². The van der Waals surface area contributed by atoms with Crippen LogP contribution in [0.5, 0.6) is 0 Å². The van der Waals surface area contributed by atoms with Crippen LogP contribution in [0.15, 0.2) is 59.7 Å². The Morgan fingerprint density at radius 3 is 2.37 bits per heavy atom. The van der Waals surface area contributed by atoms with E-state index in [1.165, 1.54) is 0 Å². The average molecular weight is 364 g/mol. The van der Waals surface area contributed by atoms with Crippen molar-refractivity contribution in [1.29, 1.82) is 0 Å². The molecule has 96 valence electrons. The summed E-state index contributed by atoms with van der Waals surface area (Å²) in [5.74, 6) is -0.194. The molecule has 0 unspecified atom stereocenters. The normalized spacial score (nSPS) is 11.2. The molecule has 0 heterocycles. The van der Waals surface area contributed by atoms with Gasteiger partial charge < -0.3 is 0 Å². The molecule has 0 saturated carbocycles. The third kappa shape index (κ3) is 3.64. The fourth-order valence-electron chi connectivity index (χ4n) is 1.58. The highest BCUT2D eigenvalue weighted by Crippen LogP contribution is 2.11. The Morgan fingerprint density at radius 2 is 1.68 bits per heavy atom. The Hall–Kier alpha value is -1.69. The molecule has 0 aliphatic carbocycles. The lowest BCUT2D eigenvalue weighted by atomic mass is 10.1. The van der Waals surface area contributed by atoms with Gasteiger partial charge in [-0.15, -0.1) is 0 Å². The third-order valence-electron chi connectivity index (χ3n) is 2.64. The van der Waals surface area contributed by atoms with E-state index in [1.54, 1.807) is 6.07 Å². The molecule has 0 radical (unpaired) electrons. The molecule has 2 rings (SSSR count). The second-order valence-electron chi connectivity index (χ2n) is 3.98. The van der Waals surface area contributed by atoms with Gasteiger partial charge in [0.2, 0.25) is 0 Å². The molecule has 0 fully saturated rings. The molecule has 0 bridgehead atoms. The maximum absolute atomic E-state index is 12.0. The van der Waals surface area contributed by atoms with E-state index in [9.17, 15) is 4.79 Å². The number of amides is 1. The Kier molecular flexibility index (Phi) is 4.68. The van der Waals surface area contributed by atoms with Crippen molar-refractivity contribution in [3.05, 3.63) is 69.3 Å². The topological polar surface area (TPSA) is 41.5 Å². The monoisotopic (exact) mass is 364 g/mol. The molecule has 4 heteroatoms. The summed E-state index contributed by atoms with van der Waals surface area (Å²) in [6.45, 7) is 1.87. The number of hydrazone groups is 1. The van der Waals surface area contributed by atoms with Gasteiger partial charge in [-0.2, -0.15) is 5.10 Å². The summed E-state index contributed by atoms with van der Waals surface area (Å²) in [6.07, 6.45) is 0. The van der Waals surface area contributed by atoms with E-state index in [-0.39, 0.29) is 5.91 Å². The SMILES string of the molecule is C/C(=N\NC(=O)c1ccccc1I)c1ccccc1. The zero-order chi connectivity index (χ0) is 13.7. The third-order valence-corrected chi connectivity index (χ3v) is 3.58. The highest BCUT2D eigenvalue weighted by Gasteiger charge is 2.08. The van der Waals surface area contributed by atoms with E-state index in [1.807, 2.05) is 55.5 Å². The number of benzene rings is 2. The number of nitrogens with one attached hydrogen (secondary N) is 1. The molecule has 0 aliphatic rings. The summed E-state index contributed by atoms with van der Waals surface area (Å²) >= 11 is 2.13.